The first kappa shape index (κ1) is 12.4. The molecule has 1 aromatic carbocycles. The van der Waals surface area contributed by atoms with Crippen molar-refractivity contribution in [1.82, 2.24) is 4.98 Å². The molecule has 0 spiro atoms. The van der Waals surface area contributed by atoms with Gasteiger partial charge in [0.05, 0.1) is 5.56 Å². The Balaban J connectivity index is 2.06. The van der Waals surface area contributed by atoms with Crippen molar-refractivity contribution in [2.24, 2.45) is 0 Å². The standard InChI is InChI=1S/C13H10F3N2/c14-13(15,16)11-2-1-3-12(8-11)18-9-10-4-6-17-7-5-10/h1-2,4-8,18H,9H2. The quantitative estimate of drug-likeness (QED) is 0.902. The van der Waals surface area contributed by atoms with Crippen LogP contribution in [0.15, 0.2) is 42.7 Å². The van der Waals surface area contributed by atoms with Gasteiger partial charge in [0.2, 0.25) is 0 Å². The lowest BCUT2D eigenvalue weighted by Gasteiger charge is -2.10. The molecule has 2 nitrogen and oxygen atoms in total. The van der Waals surface area contributed by atoms with Crippen molar-refractivity contribution in [3.63, 3.8) is 0 Å². The minimum absolute atomic E-state index is 0.321. The summed E-state index contributed by atoms with van der Waals surface area (Å²) in [5.74, 6) is 0. The molecule has 93 valence electrons. The van der Waals surface area contributed by atoms with E-state index < -0.39 is 11.7 Å². The number of hydrogen-bond donors (Lipinski definition) is 1. The van der Waals surface area contributed by atoms with Gasteiger partial charge in [-0.15, -0.1) is 0 Å². The molecule has 2 aromatic rings. The van der Waals surface area contributed by atoms with Crippen molar-refractivity contribution in [2.75, 3.05) is 5.32 Å². The molecule has 5 heteroatoms. The fourth-order valence-corrected chi connectivity index (χ4v) is 1.44. The molecule has 0 atom stereocenters. The molecule has 1 N–H and O–H groups in total. The number of hydrogen-bond acceptors (Lipinski definition) is 2. The van der Waals surface area contributed by atoms with Crippen molar-refractivity contribution in [3.05, 3.63) is 59.9 Å². The van der Waals surface area contributed by atoms with E-state index in [0.29, 0.717) is 12.2 Å². The SMILES string of the molecule is FC(F)(F)c1cc[c]c(NCc2ccncc2)c1. The summed E-state index contributed by atoms with van der Waals surface area (Å²) >= 11 is 0. The van der Waals surface area contributed by atoms with Crippen LogP contribution in [-0.2, 0) is 12.7 Å². The maximum Gasteiger partial charge on any atom is 0.416 e. The number of pyridine rings is 1. The van der Waals surface area contributed by atoms with E-state index in [2.05, 4.69) is 16.4 Å². The second kappa shape index (κ2) is 5.08. The van der Waals surface area contributed by atoms with E-state index in [-0.39, 0.29) is 0 Å². The second-order valence-corrected chi connectivity index (χ2v) is 3.70. The van der Waals surface area contributed by atoms with Crippen LogP contribution in [0, 0.1) is 6.07 Å². The third-order valence-electron chi connectivity index (χ3n) is 2.36. The van der Waals surface area contributed by atoms with E-state index in [1.54, 1.807) is 24.5 Å². The number of halogens is 3. The van der Waals surface area contributed by atoms with Gasteiger partial charge in [-0.25, -0.2) is 0 Å². The van der Waals surface area contributed by atoms with Gasteiger partial charge in [0.1, 0.15) is 0 Å². The van der Waals surface area contributed by atoms with E-state index in [0.717, 1.165) is 17.7 Å². The highest BCUT2D eigenvalue weighted by Gasteiger charge is 2.30. The summed E-state index contributed by atoms with van der Waals surface area (Å²) in [7, 11) is 0. The molecular formula is C13H10F3N2. The van der Waals surface area contributed by atoms with Gasteiger partial charge in [0, 0.05) is 30.7 Å². The fraction of sp³-hybridized carbons (Fsp3) is 0.154. The summed E-state index contributed by atoms with van der Waals surface area (Å²) in [4.78, 5) is 3.86. The molecule has 0 aliphatic heterocycles. The monoisotopic (exact) mass is 251 g/mol. The number of anilines is 1. The molecule has 1 radical (unpaired) electrons. The van der Waals surface area contributed by atoms with Gasteiger partial charge in [-0.05, 0) is 29.8 Å². The normalized spacial score (nSPS) is 11.3. The highest BCUT2D eigenvalue weighted by atomic mass is 19.4. The summed E-state index contributed by atoms with van der Waals surface area (Å²) in [5.41, 5.74) is 0.580. The van der Waals surface area contributed by atoms with Crippen LogP contribution in [-0.4, -0.2) is 4.98 Å². The van der Waals surface area contributed by atoms with Gasteiger partial charge in [-0.3, -0.25) is 4.98 Å². The molecule has 1 aromatic heterocycles. The zero-order valence-corrected chi connectivity index (χ0v) is 9.33. The van der Waals surface area contributed by atoms with Crippen LogP contribution in [0.1, 0.15) is 11.1 Å². The largest absolute Gasteiger partial charge is 0.416 e. The van der Waals surface area contributed by atoms with Crippen LogP contribution in [0.3, 0.4) is 0 Å². The fourth-order valence-electron chi connectivity index (χ4n) is 1.44. The van der Waals surface area contributed by atoms with Gasteiger partial charge in [0.15, 0.2) is 0 Å². The number of aromatic nitrogens is 1. The average Bonchev–Trinajstić information content (AvgIpc) is 2.37. The van der Waals surface area contributed by atoms with Crippen LogP contribution in [0.4, 0.5) is 18.9 Å². The minimum Gasteiger partial charge on any atom is -0.380 e. The van der Waals surface area contributed by atoms with E-state index in [4.69, 9.17) is 0 Å². The first-order valence-electron chi connectivity index (χ1n) is 5.27. The first-order valence-corrected chi connectivity index (χ1v) is 5.27. The molecule has 0 amide bonds. The van der Waals surface area contributed by atoms with E-state index in [9.17, 15) is 13.2 Å². The lowest BCUT2D eigenvalue weighted by atomic mass is 10.2. The van der Waals surface area contributed by atoms with Crippen molar-refractivity contribution >= 4 is 5.69 Å². The summed E-state index contributed by atoms with van der Waals surface area (Å²) in [6.45, 7) is 0.431. The lowest BCUT2D eigenvalue weighted by molar-refractivity contribution is -0.137. The Bertz CT molecular complexity index is 509. The van der Waals surface area contributed by atoms with Crippen LogP contribution < -0.4 is 5.32 Å². The summed E-state index contributed by atoms with van der Waals surface area (Å²) < 4.78 is 37.4. The van der Waals surface area contributed by atoms with Gasteiger partial charge >= 0.3 is 6.18 Å². The maximum atomic E-state index is 12.5. The predicted octanol–water partition coefficient (Wildman–Crippen LogP) is 3.51. The number of nitrogens with one attached hydrogen (secondary N) is 1. The molecule has 0 fully saturated rings. The smallest absolute Gasteiger partial charge is 0.380 e. The van der Waals surface area contributed by atoms with Crippen LogP contribution in [0.2, 0.25) is 0 Å². The van der Waals surface area contributed by atoms with Crippen LogP contribution >= 0.6 is 0 Å². The molecule has 1 heterocycles. The van der Waals surface area contributed by atoms with Gasteiger partial charge < -0.3 is 5.32 Å². The van der Waals surface area contributed by atoms with E-state index >= 15 is 0 Å². The third-order valence-corrected chi connectivity index (χ3v) is 2.36. The predicted molar refractivity (Wildman–Crippen MR) is 61.8 cm³/mol. The highest BCUT2D eigenvalue weighted by Crippen LogP contribution is 2.30. The van der Waals surface area contributed by atoms with Crippen molar-refractivity contribution in [3.8, 4) is 0 Å². The third kappa shape index (κ3) is 3.23. The van der Waals surface area contributed by atoms with Crippen molar-refractivity contribution < 1.29 is 13.2 Å². The molecular weight excluding hydrogens is 241 g/mol. The molecule has 0 aliphatic rings. The summed E-state index contributed by atoms with van der Waals surface area (Å²) in [6, 6.07) is 9.61. The van der Waals surface area contributed by atoms with Gasteiger partial charge in [-0.1, -0.05) is 6.07 Å². The molecule has 0 bridgehead atoms. The number of nitrogens with zero attached hydrogens (tertiary/aromatic N) is 1. The average molecular weight is 251 g/mol. The Morgan fingerprint density at radius 2 is 1.89 bits per heavy atom. The van der Waals surface area contributed by atoms with Crippen molar-refractivity contribution in [2.45, 2.75) is 12.7 Å². The summed E-state index contributed by atoms with van der Waals surface area (Å²) in [5, 5.41) is 2.89. The Morgan fingerprint density at radius 1 is 1.17 bits per heavy atom. The molecule has 0 saturated heterocycles. The number of alkyl halides is 3. The highest BCUT2D eigenvalue weighted by molar-refractivity contribution is 5.45. The molecule has 2 rings (SSSR count). The van der Waals surface area contributed by atoms with E-state index in [1.807, 2.05) is 0 Å². The maximum absolute atomic E-state index is 12.5. The second-order valence-electron chi connectivity index (χ2n) is 3.70. The van der Waals surface area contributed by atoms with E-state index in [1.165, 1.54) is 6.07 Å². The number of benzene rings is 1. The van der Waals surface area contributed by atoms with Crippen LogP contribution in [0.5, 0.6) is 0 Å². The van der Waals surface area contributed by atoms with Crippen LogP contribution in [0.25, 0.3) is 0 Å². The minimum atomic E-state index is -4.33. The molecule has 0 unspecified atom stereocenters. The Labute approximate surface area is 102 Å². The van der Waals surface area contributed by atoms with Gasteiger partial charge in [0.25, 0.3) is 0 Å². The molecule has 0 aliphatic carbocycles. The Morgan fingerprint density at radius 3 is 2.56 bits per heavy atom. The van der Waals surface area contributed by atoms with Gasteiger partial charge in [-0.2, -0.15) is 13.2 Å². The first-order chi connectivity index (χ1) is 8.55. The molecule has 18 heavy (non-hydrogen) atoms. The Kier molecular flexibility index (Phi) is 3.50. The zero-order chi connectivity index (χ0) is 13.0. The lowest BCUT2D eigenvalue weighted by Crippen LogP contribution is -2.06. The van der Waals surface area contributed by atoms with Crippen molar-refractivity contribution in [1.29, 1.82) is 0 Å². The summed E-state index contributed by atoms with van der Waals surface area (Å²) in [6.07, 6.45) is -1.07. The Hall–Kier alpha value is -2.04. The molecule has 0 saturated carbocycles. The topological polar surface area (TPSA) is 24.9 Å². The zero-order valence-electron chi connectivity index (χ0n) is 9.33. The number of rotatable bonds is 3.